The van der Waals surface area contributed by atoms with Gasteiger partial charge in [0.15, 0.2) is 0 Å². The van der Waals surface area contributed by atoms with Crippen LogP contribution in [-0.4, -0.2) is 41.5 Å². The van der Waals surface area contributed by atoms with Gasteiger partial charge in [-0.3, -0.25) is 14.5 Å². The molecule has 3 aromatic carbocycles. The summed E-state index contributed by atoms with van der Waals surface area (Å²) in [4.78, 5) is 31.4. The second kappa shape index (κ2) is 11.0. The van der Waals surface area contributed by atoms with Crippen LogP contribution in [0.3, 0.4) is 0 Å². The lowest BCUT2D eigenvalue weighted by Gasteiger charge is -2.39. The molecule has 1 aliphatic heterocycles. The molecule has 0 fully saturated rings. The first kappa shape index (κ1) is 25.3. The molecule has 6 nitrogen and oxygen atoms in total. The van der Waals surface area contributed by atoms with Crippen molar-refractivity contribution in [3.63, 3.8) is 0 Å². The molecule has 0 aliphatic carbocycles. The van der Waals surface area contributed by atoms with E-state index in [9.17, 15) is 9.59 Å². The van der Waals surface area contributed by atoms with E-state index in [0.29, 0.717) is 17.9 Å². The fourth-order valence-electron chi connectivity index (χ4n) is 5.17. The van der Waals surface area contributed by atoms with Crippen LogP contribution in [0.4, 0.5) is 5.69 Å². The number of nitrogens with zero attached hydrogens (tertiary/aromatic N) is 3. The van der Waals surface area contributed by atoms with E-state index in [1.807, 2.05) is 47.5 Å². The van der Waals surface area contributed by atoms with Crippen molar-refractivity contribution >= 4 is 17.5 Å². The first-order valence-electron chi connectivity index (χ1n) is 13.1. The van der Waals surface area contributed by atoms with Gasteiger partial charge >= 0.3 is 0 Å². The summed E-state index contributed by atoms with van der Waals surface area (Å²) in [5, 5.41) is 0. The number of unbranched alkanes of at least 4 members (excludes halogenated alkanes) is 1. The van der Waals surface area contributed by atoms with Crippen molar-refractivity contribution in [1.82, 2.24) is 9.47 Å². The monoisotopic (exact) mass is 507 g/mol. The van der Waals surface area contributed by atoms with E-state index in [4.69, 9.17) is 4.74 Å². The highest BCUT2D eigenvalue weighted by molar-refractivity contribution is 6.02. The number of amides is 2. The summed E-state index contributed by atoms with van der Waals surface area (Å²) in [5.74, 6) is 0.413. The van der Waals surface area contributed by atoms with E-state index >= 15 is 0 Å². The number of carbonyl (C=O) groups excluding carboxylic acids is 2. The highest BCUT2D eigenvalue weighted by Crippen LogP contribution is 2.42. The van der Waals surface area contributed by atoms with Gasteiger partial charge < -0.3 is 14.2 Å². The minimum atomic E-state index is -0.309. The third kappa shape index (κ3) is 4.82. The summed E-state index contributed by atoms with van der Waals surface area (Å²) in [5.41, 5.74) is 5.51. The van der Waals surface area contributed by atoms with Crippen molar-refractivity contribution in [2.24, 2.45) is 0 Å². The number of methoxy groups -OCH3 is 1. The Morgan fingerprint density at radius 2 is 1.68 bits per heavy atom. The number of ether oxygens (including phenoxy) is 1. The second-order valence-corrected chi connectivity index (χ2v) is 9.68. The smallest absolute Gasteiger partial charge is 0.254 e. The van der Waals surface area contributed by atoms with Gasteiger partial charge in [-0.05, 0) is 67.4 Å². The maximum absolute atomic E-state index is 14.3. The van der Waals surface area contributed by atoms with Crippen LogP contribution in [0.1, 0.15) is 53.0 Å². The average Bonchev–Trinajstić information content (AvgIpc) is 3.44. The summed E-state index contributed by atoms with van der Waals surface area (Å²) in [6, 6.07) is 27.1. The maximum atomic E-state index is 14.3. The number of para-hydroxylation sites is 2. The predicted molar refractivity (Wildman–Crippen MR) is 150 cm³/mol. The summed E-state index contributed by atoms with van der Waals surface area (Å²) < 4.78 is 7.40. The molecule has 0 radical (unpaired) electrons. The Morgan fingerprint density at radius 1 is 0.921 bits per heavy atom. The molecular weight excluding hydrogens is 474 g/mol. The quantitative estimate of drug-likeness (QED) is 0.286. The number of rotatable bonds is 8. The van der Waals surface area contributed by atoms with Gasteiger partial charge in [-0.15, -0.1) is 0 Å². The Labute approximate surface area is 224 Å². The topological polar surface area (TPSA) is 54.8 Å². The molecule has 1 aromatic heterocycles. The second-order valence-electron chi connectivity index (χ2n) is 9.68. The maximum Gasteiger partial charge on any atom is 0.254 e. The number of benzene rings is 3. The molecule has 6 heteroatoms. The van der Waals surface area contributed by atoms with E-state index in [-0.39, 0.29) is 24.4 Å². The average molecular weight is 508 g/mol. The van der Waals surface area contributed by atoms with E-state index in [0.717, 1.165) is 41.0 Å². The Morgan fingerprint density at radius 3 is 2.39 bits per heavy atom. The highest BCUT2D eigenvalue weighted by Gasteiger charge is 2.37. The van der Waals surface area contributed by atoms with Gasteiger partial charge in [0.2, 0.25) is 5.91 Å². The van der Waals surface area contributed by atoms with Crippen molar-refractivity contribution in [1.29, 1.82) is 0 Å². The molecule has 0 bridgehead atoms. The lowest BCUT2D eigenvalue weighted by atomic mass is 9.96. The first-order valence-corrected chi connectivity index (χ1v) is 13.1. The SMILES string of the molecule is CCCCN(CC(=O)N1c2ccccc2-n2cccc2C1c1cccc(C)c1)C(=O)c1ccc(OC)cc1. The molecule has 0 saturated heterocycles. The Balaban J connectivity index is 1.54. The first-order chi connectivity index (χ1) is 18.5. The Hall–Kier alpha value is -4.32. The van der Waals surface area contributed by atoms with Crippen LogP contribution >= 0.6 is 0 Å². The zero-order chi connectivity index (χ0) is 26.6. The lowest BCUT2D eigenvalue weighted by Crippen LogP contribution is -2.47. The third-order valence-corrected chi connectivity index (χ3v) is 7.08. The molecule has 5 rings (SSSR count). The van der Waals surface area contributed by atoms with Crippen molar-refractivity contribution in [2.45, 2.75) is 32.7 Å². The van der Waals surface area contributed by atoms with Gasteiger partial charge in [0, 0.05) is 18.3 Å². The van der Waals surface area contributed by atoms with Crippen LogP contribution in [0.25, 0.3) is 5.69 Å². The molecule has 0 saturated carbocycles. The molecule has 2 amide bonds. The normalized spacial score (nSPS) is 14.0. The fourth-order valence-corrected chi connectivity index (χ4v) is 5.17. The Kier molecular flexibility index (Phi) is 7.31. The number of hydrogen-bond donors (Lipinski definition) is 0. The number of hydrogen-bond acceptors (Lipinski definition) is 3. The molecule has 2 heterocycles. The number of aromatic nitrogens is 1. The van der Waals surface area contributed by atoms with Crippen LogP contribution < -0.4 is 9.64 Å². The fraction of sp³-hybridized carbons (Fsp3) is 0.250. The van der Waals surface area contributed by atoms with E-state index in [1.165, 1.54) is 0 Å². The van der Waals surface area contributed by atoms with Gasteiger partial charge in [-0.1, -0.05) is 55.3 Å². The van der Waals surface area contributed by atoms with E-state index < -0.39 is 0 Å². The molecule has 194 valence electrons. The van der Waals surface area contributed by atoms with Gasteiger partial charge in [0.05, 0.1) is 24.2 Å². The minimum Gasteiger partial charge on any atom is -0.497 e. The van der Waals surface area contributed by atoms with Crippen LogP contribution in [0.5, 0.6) is 5.75 Å². The predicted octanol–water partition coefficient (Wildman–Crippen LogP) is 6.17. The molecule has 0 N–H and O–H groups in total. The molecule has 1 aliphatic rings. The summed E-state index contributed by atoms with van der Waals surface area (Å²) in [7, 11) is 1.60. The Bertz CT molecular complexity index is 1440. The van der Waals surface area contributed by atoms with Crippen molar-refractivity contribution < 1.29 is 14.3 Å². The van der Waals surface area contributed by atoms with Crippen LogP contribution in [0.2, 0.25) is 0 Å². The summed E-state index contributed by atoms with van der Waals surface area (Å²) >= 11 is 0. The van der Waals surface area contributed by atoms with Crippen LogP contribution in [-0.2, 0) is 4.79 Å². The van der Waals surface area contributed by atoms with Gasteiger partial charge in [0.1, 0.15) is 18.3 Å². The summed E-state index contributed by atoms with van der Waals surface area (Å²) in [6.07, 6.45) is 3.78. The highest BCUT2D eigenvalue weighted by atomic mass is 16.5. The number of carbonyl (C=O) groups is 2. The van der Waals surface area contributed by atoms with Gasteiger partial charge in [0.25, 0.3) is 5.91 Å². The van der Waals surface area contributed by atoms with Gasteiger partial charge in [-0.25, -0.2) is 0 Å². The van der Waals surface area contributed by atoms with Crippen molar-refractivity contribution in [3.8, 4) is 11.4 Å². The summed E-state index contributed by atoms with van der Waals surface area (Å²) in [6.45, 7) is 4.64. The molecule has 1 unspecified atom stereocenters. The van der Waals surface area contributed by atoms with Crippen LogP contribution in [0, 0.1) is 6.92 Å². The minimum absolute atomic E-state index is 0.0117. The zero-order valence-electron chi connectivity index (χ0n) is 22.1. The van der Waals surface area contributed by atoms with Crippen molar-refractivity contribution in [3.05, 3.63) is 114 Å². The number of fused-ring (bicyclic) bond motifs is 3. The standard InChI is InChI=1S/C32H33N3O3/c1-4-5-19-33(32(37)24-15-17-26(38-3)18-16-24)22-30(36)35-28-13-7-6-12-27(28)34-20-9-14-29(34)31(35)25-11-8-10-23(2)21-25/h6-18,20-21,31H,4-5,19,22H2,1-3H3. The molecule has 0 spiro atoms. The third-order valence-electron chi connectivity index (χ3n) is 7.08. The largest absolute Gasteiger partial charge is 0.497 e. The van der Waals surface area contributed by atoms with Crippen molar-refractivity contribution in [2.75, 3.05) is 25.1 Å². The number of aryl methyl sites for hydroxylation is 1. The molecule has 1 atom stereocenters. The van der Waals surface area contributed by atoms with Crippen LogP contribution in [0.15, 0.2) is 91.1 Å². The van der Waals surface area contributed by atoms with Gasteiger partial charge in [-0.2, -0.15) is 0 Å². The molecule has 38 heavy (non-hydrogen) atoms. The number of anilines is 1. The van der Waals surface area contributed by atoms with E-state index in [2.05, 4.69) is 42.7 Å². The lowest BCUT2D eigenvalue weighted by molar-refractivity contribution is -0.119. The molecule has 4 aromatic rings. The zero-order valence-corrected chi connectivity index (χ0v) is 22.1. The molecular formula is C32H33N3O3. The van der Waals surface area contributed by atoms with E-state index in [1.54, 1.807) is 36.3 Å².